The van der Waals surface area contributed by atoms with Gasteiger partial charge in [-0.2, -0.15) is 0 Å². The van der Waals surface area contributed by atoms with Gasteiger partial charge in [-0.05, 0) is 0 Å². The van der Waals surface area contributed by atoms with Crippen molar-refractivity contribution in [1.29, 1.82) is 10.5 Å². The Morgan fingerprint density at radius 2 is 1.36 bits per heavy atom. The minimum atomic E-state index is -2.94. The van der Waals surface area contributed by atoms with Gasteiger partial charge in [0.05, 0.1) is 0 Å². The molecule has 0 fully saturated rings. The monoisotopic (exact) mass is 298 g/mol. The first-order chi connectivity index (χ1) is 5.12. The number of nitriles is 2. The molecule has 0 spiro atoms. The van der Waals surface area contributed by atoms with Crippen LogP contribution in [0.5, 0.6) is 0 Å². The van der Waals surface area contributed by atoms with Crippen LogP contribution in [-0.2, 0) is 0 Å². The van der Waals surface area contributed by atoms with Crippen LogP contribution in [-0.4, -0.2) is 16.1 Å². The van der Waals surface area contributed by atoms with Gasteiger partial charge in [0.1, 0.15) is 0 Å². The fraction of sp³-hybridized carbons (Fsp3) is 0.667. The van der Waals surface area contributed by atoms with Crippen molar-refractivity contribution in [3.05, 3.63) is 0 Å². The van der Waals surface area contributed by atoms with Crippen LogP contribution in [0.3, 0.4) is 0 Å². The second kappa shape index (κ2) is 5.94. The molecule has 0 aromatic rings. The summed E-state index contributed by atoms with van der Waals surface area (Å²) >= 11 is -2.94. The van der Waals surface area contributed by atoms with Gasteiger partial charge >= 0.3 is 78.3 Å². The second-order valence-electron chi connectivity index (χ2n) is 2.17. The average molecular weight is 298 g/mol. The molecule has 60 valence electrons. The van der Waals surface area contributed by atoms with E-state index in [-0.39, 0.29) is 0 Å². The van der Waals surface area contributed by atoms with Gasteiger partial charge in [-0.25, -0.2) is 0 Å². The molecular formula is C6H8Cl2N2Sn. The van der Waals surface area contributed by atoms with Crippen molar-refractivity contribution in [3.8, 4) is 12.1 Å². The molecule has 0 saturated heterocycles. The van der Waals surface area contributed by atoms with Crippen LogP contribution in [0.2, 0.25) is 8.87 Å². The summed E-state index contributed by atoms with van der Waals surface area (Å²) in [6, 6.07) is 4.00. The normalized spacial score (nSPS) is 10.2. The Bertz CT molecular complexity index is 172. The van der Waals surface area contributed by atoms with Crippen molar-refractivity contribution in [3.63, 3.8) is 0 Å². The Morgan fingerprint density at radius 1 is 1.00 bits per heavy atom. The molecule has 0 radical (unpaired) electrons. The summed E-state index contributed by atoms with van der Waals surface area (Å²) in [5, 5.41) is 16.5. The minimum absolute atomic E-state index is 0.425. The zero-order valence-corrected chi connectivity index (χ0v) is 10.3. The third-order valence-corrected chi connectivity index (χ3v) is 11.9. The molecule has 0 N–H and O–H groups in total. The Morgan fingerprint density at radius 3 is 1.64 bits per heavy atom. The number of rotatable bonds is 4. The number of hydrogen-bond acceptors (Lipinski definition) is 2. The quantitative estimate of drug-likeness (QED) is 0.749. The van der Waals surface area contributed by atoms with Gasteiger partial charge in [-0.3, -0.25) is 0 Å². The number of hydrogen-bond donors (Lipinski definition) is 0. The molecule has 0 aromatic carbocycles. The van der Waals surface area contributed by atoms with E-state index in [1.807, 2.05) is 12.1 Å². The molecule has 2 nitrogen and oxygen atoms in total. The van der Waals surface area contributed by atoms with E-state index in [1.54, 1.807) is 0 Å². The summed E-state index contributed by atoms with van der Waals surface area (Å²) < 4.78 is 1.27. The Kier molecular flexibility index (Phi) is 6.13. The maximum atomic E-state index is 8.26. The van der Waals surface area contributed by atoms with Crippen LogP contribution in [0.15, 0.2) is 0 Å². The third kappa shape index (κ3) is 6.74. The fourth-order valence-corrected chi connectivity index (χ4v) is 6.58. The van der Waals surface area contributed by atoms with E-state index in [9.17, 15) is 0 Å². The zero-order chi connectivity index (χ0) is 8.74. The number of nitrogens with zero attached hydrogens (tertiary/aromatic N) is 2. The van der Waals surface area contributed by atoms with Gasteiger partial charge in [0, 0.05) is 0 Å². The van der Waals surface area contributed by atoms with Crippen molar-refractivity contribution in [2.45, 2.75) is 21.7 Å². The standard InChI is InChI=1S/2C3H4N.2ClH.Sn/c2*1-2-3-4;;;/h2*1-2H2;2*1H;/q;;;;+2/p-2. The van der Waals surface area contributed by atoms with Crippen molar-refractivity contribution in [1.82, 2.24) is 0 Å². The predicted octanol–water partition coefficient (Wildman–Crippen LogP) is 2.73. The van der Waals surface area contributed by atoms with Crippen molar-refractivity contribution in [2.75, 3.05) is 0 Å². The molecular weight excluding hydrogens is 290 g/mol. The van der Waals surface area contributed by atoms with E-state index >= 15 is 0 Å². The van der Waals surface area contributed by atoms with Gasteiger partial charge < -0.3 is 0 Å². The van der Waals surface area contributed by atoms with Gasteiger partial charge in [0.25, 0.3) is 0 Å². The second-order valence-corrected chi connectivity index (χ2v) is 20.9. The Labute approximate surface area is 78.0 Å². The average Bonchev–Trinajstić information content (AvgIpc) is 1.97. The molecule has 0 aliphatic carbocycles. The molecule has 0 bridgehead atoms. The molecule has 0 heterocycles. The van der Waals surface area contributed by atoms with Gasteiger partial charge in [-0.15, -0.1) is 0 Å². The topological polar surface area (TPSA) is 47.6 Å². The van der Waals surface area contributed by atoms with Crippen molar-refractivity contribution >= 4 is 34.0 Å². The first-order valence-corrected chi connectivity index (χ1v) is 14.5. The van der Waals surface area contributed by atoms with E-state index < -0.39 is 16.1 Å². The van der Waals surface area contributed by atoms with Gasteiger partial charge in [0.2, 0.25) is 0 Å². The molecule has 0 aromatic heterocycles. The molecule has 0 aliphatic heterocycles. The zero-order valence-electron chi connectivity index (χ0n) is 5.98. The van der Waals surface area contributed by atoms with Crippen LogP contribution in [0.1, 0.15) is 12.8 Å². The van der Waals surface area contributed by atoms with E-state index in [4.69, 9.17) is 28.4 Å². The maximum absolute atomic E-state index is 8.26. The summed E-state index contributed by atoms with van der Waals surface area (Å²) in [6.45, 7) is 0. The Hall–Kier alpha value is 0.359. The molecule has 0 saturated carbocycles. The van der Waals surface area contributed by atoms with Gasteiger partial charge in [0.15, 0.2) is 0 Å². The fourth-order valence-electron chi connectivity index (χ4n) is 0.603. The van der Waals surface area contributed by atoms with E-state index in [1.165, 1.54) is 0 Å². The molecule has 0 amide bonds. The first kappa shape index (κ1) is 11.4. The molecule has 0 atom stereocenters. The van der Waals surface area contributed by atoms with Gasteiger partial charge in [-0.1, -0.05) is 0 Å². The van der Waals surface area contributed by atoms with Crippen LogP contribution in [0.25, 0.3) is 0 Å². The molecule has 0 unspecified atom stereocenters. The van der Waals surface area contributed by atoms with E-state index in [0.29, 0.717) is 21.7 Å². The van der Waals surface area contributed by atoms with Crippen LogP contribution in [0.4, 0.5) is 0 Å². The molecule has 5 heteroatoms. The van der Waals surface area contributed by atoms with Crippen molar-refractivity contribution < 1.29 is 0 Å². The Balaban J connectivity index is 3.64. The van der Waals surface area contributed by atoms with Crippen LogP contribution in [0, 0.1) is 22.7 Å². The van der Waals surface area contributed by atoms with Crippen LogP contribution >= 0.6 is 17.8 Å². The van der Waals surface area contributed by atoms with Crippen LogP contribution < -0.4 is 0 Å². The summed E-state index contributed by atoms with van der Waals surface area (Å²) in [5.74, 6) is 0. The summed E-state index contributed by atoms with van der Waals surface area (Å²) in [7, 11) is 11.9. The summed E-state index contributed by atoms with van der Waals surface area (Å²) in [5.41, 5.74) is 0. The third-order valence-electron chi connectivity index (χ3n) is 1.21. The predicted molar refractivity (Wildman–Crippen MR) is 47.5 cm³/mol. The summed E-state index contributed by atoms with van der Waals surface area (Å²) in [6.07, 6.45) is 0.850. The molecule has 0 aliphatic rings. The molecule has 11 heavy (non-hydrogen) atoms. The number of halogens is 2. The molecule has 0 rings (SSSR count). The van der Waals surface area contributed by atoms with Crippen molar-refractivity contribution in [2.24, 2.45) is 0 Å². The summed E-state index contributed by atoms with van der Waals surface area (Å²) in [4.78, 5) is 0. The first-order valence-electron chi connectivity index (χ1n) is 3.24. The van der Waals surface area contributed by atoms with E-state index in [2.05, 4.69) is 0 Å². The SMILES string of the molecule is N#CC[CH2][Sn]([Cl])([Cl])[CH2]CC#N. The van der Waals surface area contributed by atoms with E-state index in [0.717, 1.165) is 0 Å².